The van der Waals surface area contributed by atoms with Gasteiger partial charge in [0, 0.05) is 17.3 Å². The zero-order valence-electron chi connectivity index (χ0n) is 13.4. The van der Waals surface area contributed by atoms with Gasteiger partial charge in [0.2, 0.25) is 0 Å². The van der Waals surface area contributed by atoms with Crippen molar-refractivity contribution in [2.24, 2.45) is 0 Å². The smallest absolute Gasteiger partial charge is 0.311 e. The van der Waals surface area contributed by atoms with Crippen molar-refractivity contribution in [2.75, 3.05) is 11.9 Å². The molecule has 0 bridgehead atoms. The lowest BCUT2D eigenvalue weighted by atomic mass is 10.1. The van der Waals surface area contributed by atoms with Crippen molar-refractivity contribution in [2.45, 2.75) is 13.3 Å². The Balaban J connectivity index is 2.16. The summed E-state index contributed by atoms with van der Waals surface area (Å²) in [6.07, 6.45) is -0.112. The Hall–Kier alpha value is -3.42. The number of hydrogen-bond donors (Lipinski definition) is 2. The molecule has 0 spiro atoms. The number of carboxylic acid groups (broad SMARTS) is 1. The van der Waals surface area contributed by atoms with Crippen LogP contribution >= 0.6 is 0 Å². The number of nitrogens with zero attached hydrogens (tertiary/aromatic N) is 1. The summed E-state index contributed by atoms with van der Waals surface area (Å²) in [6.45, 7) is 1.98. The van der Waals surface area contributed by atoms with Gasteiger partial charge in [0.25, 0.3) is 5.91 Å². The molecular weight excluding hydrogens is 328 g/mol. The third-order valence-electron chi connectivity index (χ3n) is 3.28. The largest absolute Gasteiger partial charge is 0.487 e. The highest BCUT2D eigenvalue weighted by atomic mass is 16.6. The molecule has 0 aliphatic rings. The van der Waals surface area contributed by atoms with Crippen molar-refractivity contribution >= 4 is 23.3 Å². The second kappa shape index (κ2) is 7.91. The number of carbonyl (C=O) groups excluding carboxylic acids is 1. The van der Waals surface area contributed by atoms with Gasteiger partial charge in [0.15, 0.2) is 5.75 Å². The monoisotopic (exact) mass is 344 g/mol. The van der Waals surface area contributed by atoms with Crippen molar-refractivity contribution < 1.29 is 24.4 Å². The topological polar surface area (TPSA) is 119 Å². The first-order valence-corrected chi connectivity index (χ1v) is 7.44. The van der Waals surface area contributed by atoms with Crippen LogP contribution in [0.1, 0.15) is 22.8 Å². The molecule has 2 aromatic carbocycles. The van der Waals surface area contributed by atoms with E-state index < -0.39 is 16.8 Å². The Morgan fingerprint density at radius 1 is 1.20 bits per heavy atom. The predicted octanol–water partition coefficient (Wildman–Crippen LogP) is 2.87. The molecule has 130 valence electrons. The van der Waals surface area contributed by atoms with Crippen LogP contribution in [0, 0.1) is 10.1 Å². The molecule has 0 unspecified atom stereocenters. The Labute approximate surface area is 143 Å². The maximum atomic E-state index is 12.3. The van der Waals surface area contributed by atoms with Gasteiger partial charge in [-0.2, -0.15) is 0 Å². The van der Waals surface area contributed by atoms with E-state index >= 15 is 0 Å². The van der Waals surface area contributed by atoms with Crippen LogP contribution in [0.25, 0.3) is 0 Å². The van der Waals surface area contributed by atoms with E-state index in [0.29, 0.717) is 11.3 Å². The van der Waals surface area contributed by atoms with Gasteiger partial charge in [-0.1, -0.05) is 12.1 Å². The molecule has 2 N–H and O–H groups in total. The maximum Gasteiger partial charge on any atom is 0.311 e. The zero-order valence-corrected chi connectivity index (χ0v) is 13.4. The first kappa shape index (κ1) is 17.9. The summed E-state index contributed by atoms with van der Waals surface area (Å²) in [6, 6.07) is 10.3. The lowest BCUT2D eigenvalue weighted by Gasteiger charge is -2.08. The fraction of sp³-hybridized carbons (Fsp3) is 0.176. The van der Waals surface area contributed by atoms with Crippen molar-refractivity contribution in [1.29, 1.82) is 0 Å². The predicted molar refractivity (Wildman–Crippen MR) is 90.0 cm³/mol. The third kappa shape index (κ3) is 4.77. The van der Waals surface area contributed by atoms with Crippen LogP contribution in [-0.2, 0) is 11.2 Å². The Morgan fingerprint density at radius 3 is 2.44 bits per heavy atom. The molecule has 0 aliphatic carbocycles. The molecule has 0 radical (unpaired) electrons. The average Bonchev–Trinajstić information content (AvgIpc) is 2.56. The van der Waals surface area contributed by atoms with Crippen molar-refractivity contribution in [3.63, 3.8) is 0 Å². The molecule has 8 nitrogen and oxygen atoms in total. The molecule has 2 aromatic rings. The minimum absolute atomic E-state index is 0.0991. The van der Waals surface area contributed by atoms with Crippen molar-refractivity contribution in [3.05, 3.63) is 63.7 Å². The van der Waals surface area contributed by atoms with Crippen LogP contribution in [0.15, 0.2) is 42.5 Å². The third-order valence-corrected chi connectivity index (χ3v) is 3.28. The number of aliphatic carboxylic acids is 1. The summed E-state index contributed by atoms with van der Waals surface area (Å²) in [5.41, 5.74) is 0.883. The van der Waals surface area contributed by atoms with Gasteiger partial charge in [0.05, 0.1) is 18.0 Å². The Kier molecular flexibility index (Phi) is 5.67. The average molecular weight is 344 g/mol. The minimum atomic E-state index is -0.946. The van der Waals surface area contributed by atoms with Gasteiger partial charge in [-0.05, 0) is 36.8 Å². The van der Waals surface area contributed by atoms with Gasteiger partial charge in [-0.3, -0.25) is 19.7 Å². The first-order chi connectivity index (χ1) is 11.9. The molecule has 0 atom stereocenters. The molecular formula is C17H16N2O6. The van der Waals surface area contributed by atoms with Gasteiger partial charge >= 0.3 is 11.7 Å². The SMILES string of the molecule is CCOc1ccc(C(=O)Nc2ccc(CC(=O)O)cc2)cc1[N+](=O)[O-]. The van der Waals surface area contributed by atoms with Crippen LogP contribution in [0.4, 0.5) is 11.4 Å². The van der Waals surface area contributed by atoms with E-state index in [1.54, 1.807) is 31.2 Å². The summed E-state index contributed by atoms with van der Waals surface area (Å²) in [5, 5.41) is 22.4. The Bertz CT molecular complexity index is 801. The molecule has 0 fully saturated rings. The number of carboxylic acids is 1. The second-order valence-corrected chi connectivity index (χ2v) is 5.09. The van der Waals surface area contributed by atoms with Crippen LogP contribution < -0.4 is 10.1 Å². The van der Waals surface area contributed by atoms with E-state index in [4.69, 9.17) is 9.84 Å². The number of rotatable bonds is 7. The summed E-state index contributed by atoms with van der Waals surface area (Å²) < 4.78 is 5.17. The highest BCUT2D eigenvalue weighted by Gasteiger charge is 2.18. The highest BCUT2D eigenvalue weighted by molar-refractivity contribution is 6.04. The molecule has 0 aliphatic heterocycles. The molecule has 0 saturated carbocycles. The molecule has 8 heteroatoms. The Morgan fingerprint density at radius 2 is 1.88 bits per heavy atom. The number of benzene rings is 2. The van der Waals surface area contributed by atoms with E-state index in [2.05, 4.69) is 5.32 Å². The number of ether oxygens (including phenoxy) is 1. The fourth-order valence-electron chi connectivity index (χ4n) is 2.16. The molecule has 0 heterocycles. The normalized spacial score (nSPS) is 10.1. The molecule has 2 rings (SSSR count). The van der Waals surface area contributed by atoms with Gasteiger partial charge < -0.3 is 15.2 Å². The second-order valence-electron chi connectivity index (χ2n) is 5.09. The van der Waals surface area contributed by atoms with Gasteiger partial charge in [-0.25, -0.2) is 0 Å². The van der Waals surface area contributed by atoms with E-state index in [1.807, 2.05) is 0 Å². The maximum absolute atomic E-state index is 12.3. The quantitative estimate of drug-likeness (QED) is 0.589. The lowest BCUT2D eigenvalue weighted by Crippen LogP contribution is -2.12. The van der Waals surface area contributed by atoms with Crippen LogP contribution in [0.2, 0.25) is 0 Å². The number of carbonyl (C=O) groups is 2. The van der Waals surface area contributed by atoms with E-state index in [9.17, 15) is 19.7 Å². The van der Waals surface area contributed by atoms with Crippen molar-refractivity contribution in [3.8, 4) is 5.75 Å². The standard InChI is InChI=1S/C17H16N2O6/c1-2-25-15-8-5-12(10-14(15)19(23)24)17(22)18-13-6-3-11(4-7-13)9-16(20)21/h3-8,10H,2,9H2,1H3,(H,18,22)(H,20,21). The number of nitrogens with one attached hydrogen (secondary N) is 1. The zero-order chi connectivity index (χ0) is 18.4. The lowest BCUT2D eigenvalue weighted by molar-refractivity contribution is -0.385. The highest BCUT2D eigenvalue weighted by Crippen LogP contribution is 2.28. The van der Waals surface area contributed by atoms with E-state index in [-0.39, 0.29) is 30.0 Å². The summed E-state index contributed by atoms with van der Waals surface area (Å²) in [7, 11) is 0. The molecule has 1 amide bonds. The summed E-state index contributed by atoms with van der Waals surface area (Å²) in [4.78, 5) is 33.4. The number of hydrogen-bond acceptors (Lipinski definition) is 5. The van der Waals surface area contributed by atoms with E-state index in [0.717, 1.165) is 6.07 Å². The molecule has 0 saturated heterocycles. The first-order valence-electron chi connectivity index (χ1n) is 7.44. The van der Waals surface area contributed by atoms with Crippen LogP contribution in [0.5, 0.6) is 5.75 Å². The van der Waals surface area contributed by atoms with Gasteiger partial charge in [0.1, 0.15) is 0 Å². The van der Waals surface area contributed by atoms with E-state index in [1.165, 1.54) is 12.1 Å². The van der Waals surface area contributed by atoms with Crippen LogP contribution in [0.3, 0.4) is 0 Å². The number of amides is 1. The molecule has 0 aromatic heterocycles. The van der Waals surface area contributed by atoms with Crippen LogP contribution in [-0.4, -0.2) is 28.5 Å². The number of nitro groups is 1. The fourth-order valence-corrected chi connectivity index (χ4v) is 2.16. The number of nitro benzene ring substituents is 1. The van der Waals surface area contributed by atoms with Gasteiger partial charge in [-0.15, -0.1) is 0 Å². The minimum Gasteiger partial charge on any atom is -0.487 e. The molecule has 25 heavy (non-hydrogen) atoms. The van der Waals surface area contributed by atoms with Crippen molar-refractivity contribution in [1.82, 2.24) is 0 Å². The number of anilines is 1. The summed E-state index contributed by atoms with van der Waals surface area (Å²) in [5.74, 6) is -1.36. The summed E-state index contributed by atoms with van der Waals surface area (Å²) >= 11 is 0.